The zero-order chi connectivity index (χ0) is 25.7. The normalized spacial score (nSPS) is 20.0. The van der Waals surface area contributed by atoms with E-state index in [-0.39, 0.29) is 22.0 Å². The Morgan fingerprint density at radius 2 is 1.97 bits per heavy atom. The van der Waals surface area contributed by atoms with Crippen LogP contribution in [0.1, 0.15) is 50.2 Å². The SMILES string of the molecule is CC(C)(C)S(=O)N[C@@H]1c2scnc2CC12CCN(c1cnc(Sc3ccnc(N)c3Cl)c(N)n1)CC2. The van der Waals surface area contributed by atoms with Gasteiger partial charge < -0.3 is 16.4 Å². The molecule has 1 unspecified atom stereocenters. The lowest BCUT2D eigenvalue weighted by Crippen LogP contribution is -2.48. The van der Waals surface area contributed by atoms with Crippen LogP contribution in [0.2, 0.25) is 5.02 Å². The van der Waals surface area contributed by atoms with Crippen LogP contribution >= 0.6 is 34.7 Å². The van der Waals surface area contributed by atoms with Gasteiger partial charge in [0.2, 0.25) is 0 Å². The van der Waals surface area contributed by atoms with E-state index in [1.807, 2.05) is 26.3 Å². The smallest absolute Gasteiger partial charge is 0.158 e. The summed E-state index contributed by atoms with van der Waals surface area (Å²) >= 11 is 9.24. The van der Waals surface area contributed by atoms with Crippen LogP contribution in [-0.4, -0.2) is 42.0 Å². The molecular weight excluding hydrogens is 536 g/mol. The maximum absolute atomic E-state index is 13.0. The molecule has 2 aliphatic rings. The number of thiazole rings is 1. The van der Waals surface area contributed by atoms with Gasteiger partial charge in [0, 0.05) is 34.5 Å². The highest BCUT2D eigenvalue weighted by atomic mass is 35.5. The molecule has 9 nitrogen and oxygen atoms in total. The molecule has 4 heterocycles. The fraction of sp³-hybridized carbons (Fsp3) is 0.478. The number of fused-ring (bicyclic) bond motifs is 1. The van der Waals surface area contributed by atoms with Crippen LogP contribution in [0, 0.1) is 5.41 Å². The number of nitrogens with two attached hydrogens (primary N) is 2. The van der Waals surface area contributed by atoms with Gasteiger partial charge in [-0.15, -0.1) is 11.3 Å². The number of hydrogen-bond acceptors (Lipinski definition) is 10. The summed E-state index contributed by atoms with van der Waals surface area (Å²) in [5.74, 6) is 1.36. The number of nitrogens with one attached hydrogen (secondary N) is 1. The lowest BCUT2D eigenvalue weighted by Gasteiger charge is -2.44. The fourth-order valence-electron chi connectivity index (χ4n) is 4.71. The highest BCUT2D eigenvalue weighted by Crippen LogP contribution is 2.53. The average Bonchev–Trinajstić information content (AvgIpc) is 3.38. The molecule has 1 aliphatic heterocycles. The van der Waals surface area contributed by atoms with Gasteiger partial charge in [0.05, 0.1) is 44.2 Å². The minimum absolute atomic E-state index is 0.0143. The van der Waals surface area contributed by atoms with Crippen molar-refractivity contribution in [2.45, 2.75) is 60.7 Å². The molecule has 1 spiro atoms. The average molecular weight is 565 g/mol. The van der Waals surface area contributed by atoms with Crippen molar-refractivity contribution in [2.75, 3.05) is 29.5 Å². The molecule has 13 heteroatoms. The Hall–Kier alpha value is -1.99. The summed E-state index contributed by atoms with van der Waals surface area (Å²) in [6, 6.07) is 1.81. The number of pyridine rings is 1. The first-order chi connectivity index (χ1) is 17.1. The van der Waals surface area contributed by atoms with Gasteiger partial charge in [-0.25, -0.2) is 28.9 Å². The molecule has 5 N–H and O–H groups in total. The summed E-state index contributed by atoms with van der Waals surface area (Å²) in [5.41, 5.74) is 15.1. The number of piperidine rings is 1. The predicted molar refractivity (Wildman–Crippen MR) is 148 cm³/mol. The van der Waals surface area contributed by atoms with Gasteiger partial charge in [0.1, 0.15) is 16.7 Å². The van der Waals surface area contributed by atoms with E-state index in [0.29, 0.717) is 15.9 Å². The zero-order valence-electron chi connectivity index (χ0n) is 20.3. The zero-order valence-corrected chi connectivity index (χ0v) is 23.5. The molecule has 36 heavy (non-hydrogen) atoms. The second kappa shape index (κ2) is 9.71. The van der Waals surface area contributed by atoms with Gasteiger partial charge in [-0.05, 0) is 46.1 Å². The molecule has 1 saturated heterocycles. The maximum atomic E-state index is 13.0. The number of hydrogen-bond donors (Lipinski definition) is 3. The van der Waals surface area contributed by atoms with E-state index in [0.717, 1.165) is 48.8 Å². The molecule has 3 aromatic rings. The molecule has 0 aromatic carbocycles. The molecule has 0 amide bonds. The van der Waals surface area contributed by atoms with Crippen LogP contribution in [0.4, 0.5) is 17.5 Å². The minimum Gasteiger partial charge on any atom is -0.382 e. The third-order valence-corrected chi connectivity index (χ3v) is 10.8. The topological polar surface area (TPSA) is 136 Å². The molecular formula is C23H29ClN8OS3. The summed E-state index contributed by atoms with van der Waals surface area (Å²) in [4.78, 5) is 22.0. The third-order valence-electron chi connectivity index (χ3n) is 6.77. The van der Waals surface area contributed by atoms with Crippen LogP contribution in [0.3, 0.4) is 0 Å². The second-order valence-corrected chi connectivity index (χ2v) is 14.4. The summed E-state index contributed by atoms with van der Waals surface area (Å²) in [6.07, 6.45) is 6.12. The molecule has 0 bridgehead atoms. The van der Waals surface area contributed by atoms with Crippen molar-refractivity contribution in [3.8, 4) is 0 Å². The van der Waals surface area contributed by atoms with Crippen molar-refractivity contribution < 1.29 is 4.21 Å². The van der Waals surface area contributed by atoms with Crippen molar-refractivity contribution in [1.29, 1.82) is 0 Å². The Bertz CT molecular complexity index is 1300. The Labute approximate surface area is 226 Å². The molecule has 2 atom stereocenters. The van der Waals surface area contributed by atoms with Crippen molar-refractivity contribution in [3.63, 3.8) is 0 Å². The van der Waals surface area contributed by atoms with Crippen molar-refractivity contribution >= 4 is 63.1 Å². The van der Waals surface area contributed by atoms with Crippen molar-refractivity contribution in [2.24, 2.45) is 5.41 Å². The van der Waals surface area contributed by atoms with E-state index in [9.17, 15) is 4.21 Å². The number of anilines is 3. The number of halogens is 1. The minimum atomic E-state index is -1.16. The number of rotatable bonds is 5. The monoisotopic (exact) mass is 564 g/mol. The summed E-state index contributed by atoms with van der Waals surface area (Å²) < 4.78 is 16.2. The molecule has 192 valence electrons. The molecule has 0 radical (unpaired) electrons. The third kappa shape index (κ3) is 4.81. The molecule has 3 aromatic heterocycles. The Kier molecular flexibility index (Phi) is 6.92. The summed E-state index contributed by atoms with van der Waals surface area (Å²) in [7, 11) is -1.16. The van der Waals surface area contributed by atoms with Gasteiger partial charge in [-0.1, -0.05) is 23.4 Å². The first-order valence-corrected chi connectivity index (χ1v) is 14.9. The van der Waals surface area contributed by atoms with Crippen molar-refractivity contribution in [3.05, 3.63) is 39.6 Å². The number of nitrogen functional groups attached to an aromatic ring is 2. The second-order valence-electron chi connectivity index (χ2n) is 10.2. The molecule has 1 aliphatic carbocycles. The van der Waals surface area contributed by atoms with Gasteiger partial charge >= 0.3 is 0 Å². The maximum Gasteiger partial charge on any atom is 0.158 e. The van der Waals surface area contributed by atoms with Gasteiger partial charge in [0.15, 0.2) is 5.82 Å². The van der Waals surface area contributed by atoms with Gasteiger partial charge in [-0.2, -0.15) is 0 Å². The lowest BCUT2D eigenvalue weighted by atomic mass is 9.74. The van der Waals surface area contributed by atoms with E-state index >= 15 is 0 Å². The van der Waals surface area contributed by atoms with Crippen LogP contribution in [0.15, 0.2) is 33.9 Å². The first kappa shape index (κ1) is 25.7. The fourth-order valence-corrected chi connectivity index (χ4v) is 7.73. The molecule has 5 rings (SSSR count). The van der Waals surface area contributed by atoms with E-state index in [1.165, 1.54) is 16.6 Å². The number of nitrogens with zero attached hydrogens (tertiary/aromatic N) is 5. The van der Waals surface area contributed by atoms with E-state index in [4.69, 9.17) is 23.1 Å². The predicted octanol–water partition coefficient (Wildman–Crippen LogP) is 4.23. The van der Waals surface area contributed by atoms with Crippen molar-refractivity contribution in [1.82, 2.24) is 24.7 Å². The van der Waals surface area contributed by atoms with Crippen LogP contribution in [-0.2, 0) is 17.4 Å². The van der Waals surface area contributed by atoms with E-state index in [1.54, 1.807) is 29.8 Å². The van der Waals surface area contributed by atoms with Gasteiger partial charge in [0.25, 0.3) is 0 Å². The lowest BCUT2D eigenvalue weighted by molar-refractivity contribution is 0.177. The highest BCUT2D eigenvalue weighted by Gasteiger charge is 2.50. The summed E-state index contributed by atoms with van der Waals surface area (Å²) in [6.45, 7) is 7.61. The van der Waals surface area contributed by atoms with Crippen LogP contribution in [0.5, 0.6) is 0 Å². The summed E-state index contributed by atoms with van der Waals surface area (Å²) in [5, 5.41) is 0.948. The highest BCUT2D eigenvalue weighted by molar-refractivity contribution is 7.99. The number of aromatic nitrogens is 4. The van der Waals surface area contributed by atoms with E-state index in [2.05, 4.69) is 29.6 Å². The van der Waals surface area contributed by atoms with E-state index < -0.39 is 11.0 Å². The van der Waals surface area contributed by atoms with Crippen LogP contribution < -0.4 is 21.1 Å². The first-order valence-electron chi connectivity index (χ1n) is 11.6. The molecule has 1 fully saturated rings. The van der Waals surface area contributed by atoms with Crippen LogP contribution in [0.25, 0.3) is 0 Å². The molecule has 0 saturated carbocycles. The quantitative estimate of drug-likeness (QED) is 0.415. The Morgan fingerprint density at radius 1 is 1.22 bits per heavy atom. The van der Waals surface area contributed by atoms with Gasteiger partial charge in [-0.3, -0.25) is 0 Å². The largest absolute Gasteiger partial charge is 0.382 e. The standard InChI is InChI=1S/C23H29ClN8OS3/c1-22(2,3)36(33)31-18-17-13(29-12-34-17)10-23(18)5-8-32(9-6-23)15-11-28-21(20(26)30-15)35-14-4-7-27-19(25)16(14)24/h4,7,11-12,18,31H,5-6,8-10H2,1-3H3,(H2,25,27)(H2,26,30)/t18-,36?/m1/s1. The Morgan fingerprint density at radius 3 is 2.67 bits per heavy atom. The Balaban J connectivity index is 1.30.